The molecule has 1 heterocycles. The summed E-state index contributed by atoms with van der Waals surface area (Å²) < 4.78 is 28.2. The second-order valence-electron chi connectivity index (χ2n) is 4.17. The fourth-order valence-corrected chi connectivity index (χ4v) is 2.91. The normalized spacial score (nSPS) is 17.4. The maximum absolute atomic E-state index is 11.9. The molecule has 0 saturated carbocycles. The van der Waals surface area contributed by atoms with Crippen LogP contribution < -0.4 is 0 Å². The van der Waals surface area contributed by atoms with Gasteiger partial charge in [0.2, 0.25) is 0 Å². The summed E-state index contributed by atoms with van der Waals surface area (Å²) in [5, 5.41) is 9.54. The molecule has 0 fully saturated rings. The van der Waals surface area contributed by atoms with Crippen LogP contribution >= 0.6 is 11.6 Å². The molecular formula is C12H11ClN2O4S. The molecule has 8 heteroatoms. The maximum atomic E-state index is 11.9. The van der Waals surface area contributed by atoms with Gasteiger partial charge in [0, 0.05) is 11.2 Å². The van der Waals surface area contributed by atoms with Gasteiger partial charge in [-0.2, -0.15) is 8.42 Å². The highest BCUT2D eigenvalue weighted by Crippen LogP contribution is 2.20. The van der Waals surface area contributed by atoms with Gasteiger partial charge in [-0.1, -0.05) is 23.7 Å². The molecule has 0 aliphatic carbocycles. The van der Waals surface area contributed by atoms with Gasteiger partial charge in [-0.3, -0.25) is 4.31 Å². The summed E-state index contributed by atoms with van der Waals surface area (Å²) in [7, 11) is -3.90. The third kappa shape index (κ3) is 3.00. The van der Waals surface area contributed by atoms with Gasteiger partial charge in [-0.25, -0.2) is 4.79 Å². The Labute approximate surface area is 121 Å². The van der Waals surface area contributed by atoms with Gasteiger partial charge in [0.25, 0.3) is 0 Å². The van der Waals surface area contributed by atoms with Crippen molar-refractivity contribution in [3.05, 3.63) is 46.6 Å². The molecule has 2 rings (SSSR count). The third-order valence-electron chi connectivity index (χ3n) is 2.69. The van der Waals surface area contributed by atoms with Crippen LogP contribution in [0.4, 0.5) is 0 Å². The number of hydrogen-bond donors (Lipinski definition) is 1. The molecule has 0 atom stereocenters. The van der Waals surface area contributed by atoms with Crippen LogP contribution in [0.15, 0.2) is 40.4 Å². The number of halogens is 1. The highest BCUT2D eigenvalue weighted by atomic mass is 35.5. The lowest BCUT2D eigenvalue weighted by atomic mass is 10.2. The zero-order chi connectivity index (χ0) is 14.9. The van der Waals surface area contributed by atoms with Crippen LogP contribution in [0.1, 0.15) is 12.5 Å². The van der Waals surface area contributed by atoms with Crippen LogP contribution in [-0.4, -0.2) is 29.5 Å². The second kappa shape index (κ2) is 5.26. The quantitative estimate of drug-likeness (QED) is 0.922. The number of aliphatic carboxylic acids is 1. The standard InChI is InChI=1S/C12H11ClN2O4S/c1-8-11(12(16)17)7-15(20(18,19)14-8)6-9-2-4-10(13)5-3-9/h2-5,7H,6H2,1H3,(H,16,17). The molecule has 1 N–H and O–H groups in total. The van der Waals surface area contributed by atoms with Crippen molar-refractivity contribution < 1.29 is 18.3 Å². The fraction of sp³-hybridized carbons (Fsp3) is 0.167. The number of benzene rings is 1. The van der Waals surface area contributed by atoms with E-state index in [-0.39, 0.29) is 17.8 Å². The summed E-state index contributed by atoms with van der Waals surface area (Å²) in [6.07, 6.45) is 1.08. The van der Waals surface area contributed by atoms with Crippen molar-refractivity contribution in [2.75, 3.05) is 0 Å². The summed E-state index contributed by atoms with van der Waals surface area (Å²) in [6, 6.07) is 6.59. The van der Waals surface area contributed by atoms with E-state index in [9.17, 15) is 13.2 Å². The molecule has 0 saturated heterocycles. The van der Waals surface area contributed by atoms with Crippen LogP contribution in [0, 0.1) is 0 Å². The predicted molar refractivity (Wildman–Crippen MR) is 74.7 cm³/mol. The number of carbonyl (C=O) groups is 1. The zero-order valence-electron chi connectivity index (χ0n) is 10.4. The van der Waals surface area contributed by atoms with E-state index in [0.29, 0.717) is 10.6 Å². The molecule has 0 radical (unpaired) electrons. The Morgan fingerprint density at radius 1 is 1.35 bits per heavy atom. The van der Waals surface area contributed by atoms with Crippen LogP contribution in [0.3, 0.4) is 0 Å². The lowest BCUT2D eigenvalue weighted by Crippen LogP contribution is -2.31. The first-order valence-electron chi connectivity index (χ1n) is 5.58. The summed E-state index contributed by atoms with van der Waals surface area (Å²) in [5.74, 6) is -1.22. The molecule has 106 valence electrons. The fourth-order valence-electron chi connectivity index (χ4n) is 1.69. The van der Waals surface area contributed by atoms with Gasteiger partial charge < -0.3 is 5.11 Å². The van der Waals surface area contributed by atoms with Gasteiger partial charge in [-0.15, -0.1) is 4.40 Å². The molecule has 0 bridgehead atoms. The van der Waals surface area contributed by atoms with E-state index >= 15 is 0 Å². The molecule has 0 unspecified atom stereocenters. The van der Waals surface area contributed by atoms with E-state index < -0.39 is 16.2 Å². The highest BCUT2D eigenvalue weighted by molar-refractivity contribution is 7.88. The van der Waals surface area contributed by atoms with Crippen LogP contribution in [0.25, 0.3) is 0 Å². The Bertz CT molecular complexity index is 707. The lowest BCUT2D eigenvalue weighted by molar-refractivity contribution is -0.132. The van der Waals surface area contributed by atoms with Crippen molar-refractivity contribution in [3.8, 4) is 0 Å². The minimum Gasteiger partial charge on any atom is -0.478 e. The Morgan fingerprint density at radius 3 is 2.50 bits per heavy atom. The van der Waals surface area contributed by atoms with Gasteiger partial charge in [-0.05, 0) is 24.6 Å². The molecule has 0 aromatic heterocycles. The van der Waals surface area contributed by atoms with Crippen molar-refractivity contribution in [2.45, 2.75) is 13.5 Å². The number of nitrogens with zero attached hydrogens (tertiary/aromatic N) is 2. The topological polar surface area (TPSA) is 87.0 Å². The van der Waals surface area contributed by atoms with Crippen molar-refractivity contribution in [1.82, 2.24) is 4.31 Å². The highest BCUT2D eigenvalue weighted by Gasteiger charge is 2.27. The molecule has 6 nitrogen and oxygen atoms in total. The molecular weight excluding hydrogens is 304 g/mol. The molecule has 0 amide bonds. The second-order valence-corrected chi connectivity index (χ2v) is 6.16. The molecule has 1 aromatic carbocycles. The summed E-state index contributed by atoms with van der Waals surface area (Å²) in [5.41, 5.74) is 0.493. The Hall–Kier alpha value is -1.86. The number of carboxylic acids is 1. The van der Waals surface area contributed by atoms with E-state index in [1.54, 1.807) is 24.3 Å². The molecule has 1 aliphatic rings. The lowest BCUT2D eigenvalue weighted by Gasteiger charge is -2.22. The van der Waals surface area contributed by atoms with E-state index in [2.05, 4.69) is 4.40 Å². The minimum atomic E-state index is -3.90. The Morgan fingerprint density at radius 2 is 1.95 bits per heavy atom. The number of rotatable bonds is 3. The Kier molecular flexibility index (Phi) is 3.82. The van der Waals surface area contributed by atoms with Crippen molar-refractivity contribution in [3.63, 3.8) is 0 Å². The third-order valence-corrected chi connectivity index (χ3v) is 4.28. The average molecular weight is 315 g/mol. The average Bonchev–Trinajstić information content (AvgIpc) is 2.34. The minimum absolute atomic E-state index is 0.00688. The molecule has 20 heavy (non-hydrogen) atoms. The first-order chi connectivity index (χ1) is 9.29. The van der Waals surface area contributed by atoms with E-state index in [1.165, 1.54) is 6.92 Å². The maximum Gasteiger partial charge on any atom is 0.344 e. The first-order valence-corrected chi connectivity index (χ1v) is 7.35. The summed E-state index contributed by atoms with van der Waals surface area (Å²) in [4.78, 5) is 11.0. The number of hydrogen-bond acceptors (Lipinski definition) is 3. The smallest absolute Gasteiger partial charge is 0.344 e. The van der Waals surface area contributed by atoms with E-state index in [1.807, 2.05) is 0 Å². The van der Waals surface area contributed by atoms with Gasteiger partial charge in [0.1, 0.15) is 0 Å². The predicted octanol–water partition coefficient (Wildman–Crippen LogP) is 1.83. The number of carboxylic acid groups (broad SMARTS) is 1. The van der Waals surface area contributed by atoms with E-state index in [4.69, 9.17) is 16.7 Å². The monoisotopic (exact) mass is 314 g/mol. The summed E-state index contributed by atoms with van der Waals surface area (Å²) in [6.45, 7) is 1.34. The van der Waals surface area contributed by atoms with E-state index in [0.717, 1.165) is 10.5 Å². The van der Waals surface area contributed by atoms with Crippen LogP contribution in [0.2, 0.25) is 5.02 Å². The van der Waals surface area contributed by atoms with Gasteiger partial charge >= 0.3 is 16.2 Å². The van der Waals surface area contributed by atoms with Crippen LogP contribution in [0.5, 0.6) is 0 Å². The summed E-state index contributed by atoms with van der Waals surface area (Å²) >= 11 is 5.75. The largest absolute Gasteiger partial charge is 0.478 e. The molecule has 0 spiro atoms. The molecule has 1 aliphatic heterocycles. The first kappa shape index (κ1) is 14.5. The Balaban J connectivity index is 2.35. The van der Waals surface area contributed by atoms with Gasteiger partial charge in [0.15, 0.2) is 0 Å². The van der Waals surface area contributed by atoms with Crippen molar-refractivity contribution in [1.29, 1.82) is 0 Å². The van der Waals surface area contributed by atoms with Crippen molar-refractivity contribution >= 4 is 33.5 Å². The van der Waals surface area contributed by atoms with Crippen LogP contribution in [-0.2, 0) is 21.5 Å². The zero-order valence-corrected chi connectivity index (χ0v) is 12.0. The SMILES string of the molecule is CC1=NS(=O)(=O)N(Cc2ccc(Cl)cc2)C=C1C(=O)O. The molecule has 1 aromatic rings. The van der Waals surface area contributed by atoms with Gasteiger partial charge in [0.05, 0.1) is 17.8 Å². The van der Waals surface area contributed by atoms with Crippen molar-refractivity contribution in [2.24, 2.45) is 4.40 Å².